The maximum absolute atomic E-state index is 5.91. The summed E-state index contributed by atoms with van der Waals surface area (Å²) in [6, 6.07) is 13.6. The Balaban J connectivity index is 0.00000264. The molecule has 0 aliphatic heterocycles. The van der Waals surface area contributed by atoms with E-state index in [0.717, 1.165) is 22.7 Å². The Kier molecular flexibility index (Phi) is 7.67. The van der Waals surface area contributed by atoms with E-state index in [1.54, 1.807) is 14.2 Å². The molecule has 6 heteroatoms. The summed E-state index contributed by atoms with van der Waals surface area (Å²) in [7, 11) is 3.24. The molecule has 0 bridgehead atoms. The number of rotatable bonds is 5. The van der Waals surface area contributed by atoms with Crippen molar-refractivity contribution in [2.75, 3.05) is 19.5 Å². The highest BCUT2D eigenvalue weighted by molar-refractivity contribution is 14.0. The summed E-state index contributed by atoms with van der Waals surface area (Å²) in [5, 5.41) is 3.06. The van der Waals surface area contributed by atoms with Gasteiger partial charge in [-0.1, -0.05) is 17.7 Å². The zero-order valence-corrected chi connectivity index (χ0v) is 15.8. The number of guanidine groups is 1. The average Bonchev–Trinajstić information content (AvgIpc) is 2.55. The maximum Gasteiger partial charge on any atom is 0.193 e. The number of anilines is 1. The summed E-state index contributed by atoms with van der Waals surface area (Å²) < 4.78 is 10.5. The van der Waals surface area contributed by atoms with Crippen LogP contribution in [0.25, 0.3) is 0 Å². The largest absolute Gasteiger partial charge is 0.497 e. The van der Waals surface area contributed by atoms with Crippen molar-refractivity contribution >= 4 is 35.6 Å². The van der Waals surface area contributed by atoms with Gasteiger partial charge in [0.15, 0.2) is 5.96 Å². The molecule has 0 saturated carbocycles. The predicted octanol–water partition coefficient (Wildman–Crippen LogP) is 3.56. The lowest BCUT2D eigenvalue weighted by Gasteiger charge is -2.10. The van der Waals surface area contributed by atoms with Crippen LogP contribution in [0.3, 0.4) is 0 Å². The van der Waals surface area contributed by atoms with Gasteiger partial charge < -0.3 is 20.5 Å². The van der Waals surface area contributed by atoms with Crippen molar-refractivity contribution < 1.29 is 9.47 Å². The van der Waals surface area contributed by atoms with Gasteiger partial charge in [-0.15, -0.1) is 24.0 Å². The second-order valence-electron chi connectivity index (χ2n) is 4.87. The van der Waals surface area contributed by atoms with E-state index in [4.69, 9.17) is 15.2 Å². The van der Waals surface area contributed by atoms with Gasteiger partial charge in [0, 0.05) is 17.3 Å². The van der Waals surface area contributed by atoms with Crippen molar-refractivity contribution in [2.24, 2.45) is 10.7 Å². The highest BCUT2D eigenvalue weighted by Crippen LogP contribution is 2.25. The molecule has 5 nitrogen and oxygen atoms in total. The van der Waals surface area contributed by atoms with E-state index < -0.39 is 0 Å². The molecule has 2 aromatic rings. The summed E-state index contributed by atoms with van der Waals surface area (Å²) in [6.07, 6.45) is 0. The number of aryl methyl sites for hydroxylation is 1. The molecule has 0 unspecified atom stereocenters. The van der Waals surface area contributed by atoms with Gasteiger partial charge in [0.2, 0.25) is 0 Å². The number of benzene rings is 2. The number of nitrogens with one attached hydrogen (secondary N) is 1. The van der Waals surface area contributed by atoms with Crippen molar-refractivity contribution in [3.05, 3.63) is 53.6 Å². The van der Waals surface area contributed by atoms with Gasteiger partial charge in [-0.2, -0.15) is 0 Å². The van der Waals surface area contributed by atoms with Crippen molar-refractivity contribution in [3.63, 3.8) is 0 Å². The van der Waals surface area contributed by atoms with Crippen molar-refractivity contribution in [3.8, 4) is 11.5 Å². The molecule has 2 aromatic carbocycles. The molecular formula is C17H22IN3O2. The van der Waals surface area contributed by atoms with Crippen LogP contribution in [0.4, 0.5) is 5.69 Å². The van der Waals surface area contributed by atoms with E-state index >= 15 is 0 Å². The average molecular weight is 427 g/mol. The number of hydrogen-bond acceptors (Lipinski definition) is 3. The minimum Gasteiger partial charge on any atom is -0.497 e. The Morgan fingerprint density at radius 1 is 1.09 bits per heavy atom. The van der Waals surface area contributed by atoms with Crippen LogP contribution in [0.15, 0.2) is 47.5 Å². The minimum atomic E-state index is 0. The van der Waals surface area contributed by atoms with E-state index in [2.05, 4.69) is 10.3 Å². The number of methoxy groups -OCH3 is 2. The Hall–Kier alpha value is -1.96. The van der Waals surface area contributed by atoms with Gasteiger partial charge in [-0.3, -0.25) is 0 Å². The van der Waals surface area contributed by atoms with Crippen LogP contribution in [-0.4, -0.2) is 20.2 Å². The van der Waals surface area contributed by atoms with Crippen LogP contribution >= 0.6 is 24.0 Å². The first-order valence-corrected chi connectivity index (χ1v) is 6.97. The molecule has 23 heavy (non-hydrogen) atoms. The van der Waals surface area contributed by atoms with Crippen molar-refractivity contribution in [1.82, 2.24) is 0 Å². The fraction of sp³-hybridized carbons (Fsp3) is 0.235. The van der Waals surface area contributed by atoms with E-state index in [1.807, 2.05) is 49.4 Å². The SMILES string of the molecule is COc1ccc(CN=C(N)Nc2ccc(C)cc2)c(OC)c1.I. The smallest absolute Gasteiger partial charge is 0.193 e. The van der Waals surface area contributed by atoms with Gasteiger partial charge in [-0.25, -0.2) is 4.99 Å². The third-order valence-corrected chi connectivity index (χ3v) is 3.24. The highest BCUT2D eigenvalue weighted by Gasteiger charge is 2.04. The van der Waals surface area contributed by atoms with Gasteiger partial charge >= 0.3 is 0 Å². The molecule has 0 radical (unpaired) electrons. The number of nitrogens with zero attached hydrogens (tertiary/aromatic N) is 1. The first-order chi connectivity index (χ1) is 10.6. The van der Waals surface area contributed by atoms with Gasteiger partial charge in [0.25, 0.3) is 0 Å². The molecule has 0 aliphatic rings. The molecule has 0 saturated heterocycles. The van der Waals surface area contributed by atoms with E-state index in [1.165, 1.54) is 5.56 Å². The number of halogens is 1. The quantitative estimate of drug-likeness (QED) is 0.435. The third kappa shape index (κ3) is 5.63. The summed E-state index contributed by atoms with van der Waals surface area (Å²) >= 11 is 0. The van der Waals surface area contributed by atoms with Crippen LogP contribution < -0.4 is 20.5 Å². The second kappa shape index (κ2) is 9.24. The molecule has 0 aliphatic carbocycles. The van der Waals surface area contributed by atoms with Crippen LogP contribution in [0.1, 0.15) is 11.1 Å². The summed E-state index contributed by atoms with van der Waals surface area (Å²) in [5.74, 6) is 1.84. The Labute approximate surface area is 153 Å². The highest BCUT2D eigenvalue weighted by atomic mass is 127. The molecule has 124 valence electrons. The molecule has 0 spiro atoms. The summed E-state index contributed by atoms with van der Waals surface area (Å²) in [4.78, 5) is 4.34. The molecule has 3 N–H and O–H groups in total. The van der Waals surface area contributed by atoms with Crippen LogP contribution in [0.2, 0.25) is 0 Å². The van der Waals surface area contributed by atoms with E-state index in [-0.39, 0.29) is 24.0 Å². The Morgan fingerprint density at radius 3 is 2.39 bits per heavy atom. The fourth-order valence-electron chi connectivity index (χ4n) is 1.98. The molecule has 0 aromatic heterocycles. The van der Waals surface area contributed by atoms with E-state index in [9.17, 15) is 0 Å². The monoisotopic (exact) mass is 427 g/mol. The van der Waals surface area contributed by atoms with Crippen molar-refractivity contribution in [2.45, 2.75) is 13.5 Å². The fourth-order valence-corrected chi connectivity index (χ4v) is 1.98. The minimum absolute atomic E-state index is 0. The van der Waals surface area contributed by atoms with Gasteiger partial charge in [-0.05, 0) is 31.2 Å². The molecule has 0 heterocycles. The standard InChI is InChI=1S/C17H21N3O2.HI/c1-12-4-7-14(8-5-12)20-17(18)19-11-13-6-9-15(21-2)10-16(13)22-3;/h4-10H,11H2,1-3H3,(H3,18,19,20);1H. The molecule has 0 fully saturated rings. The van der Waals surface area contributed by atoms with E-state index in [0.29, 0.717) is 12.5 Å². The lowest BCUT2D eigenvalue weighted by Crippen LogP contribution is -2.22. The van der Waals surface area contributed by atoms with Gasteiger partial charge in [0.05, 0.1) is 20.8 Å². The normalized spacial score (nSPS) is 10.7. The number of ether oxygens (including phenoxy) is 2. The Morgan fingerprint density at radius 2 is 1.78 bits per heavy atom. The third-order valence-electron chi connectivity index (χ3n) is 3.24. The number of hydrogen-bond donors (Lipinski definition) is 2. The lowest BCUT2D eigenvalue weighted by molar-refractivity contribution is 0.391. The first kappa shape index (κ1) is 19.1. The van der Waals surface area contributed by atoms with Gasteiger partial charge in [0.1, 0.15) is 11.5 Å². The zero-order valence-electron chi connectivity index (χ0n) is 13.5. The van der Waals surface area contributed by atoms with Crippen LogP contribution in [0.5, 0.6) is 11.5 Å². The van der Waals surface area contributed by atoms with Crippen molar-refractivity contribution in [1.29, 1.82) is 0 Å². The maximum atomic E-state index is 5.91. The number of nitrogens with two attached hydrogens (primary N) is 1. The number of aliphatic imine (C=N–C) groups is 1. The van der Waals surface area contributed by atoms with Crippen LogP contribution in [0, 0.1) is 6.92 Å². The summed E-state index contributed by atoms with van der Waals surface area (Å²) in [6.45, 7) is 2.47. The predicted molar refractivity (Wildman–Crippen MR) is 105 cm³/mol. The topological polar surface area (TPSA) is 68.9 Å². The molecule has 0 atom stereocenters. The Bertz CT molecular complexity index is 657. The zero-order chi connectivity index (χ0) is 15.9. The lowest BCUT2D eigenvalue weighted by atomic mass is 10.2. The molecular weight excluding hydrogens is 405 g/mol. The summed E-state index contributed by atoms with van der Waals surface area (Å²) in [5.41, 5.74) is 8.96. The molecule has 0 amide bonds. The second-order valence-corrected chi connectivity index (χ2v) is 4.87. The van der Waals surface area contributed by atoms with Crippen LogP contribution in [-0.2, 0) is 6.54 Å². The first-order valence-electron chi connectivity index (χ1n) is 6.97. The molecule has 2 rings (SSSR count).